The lowest BCUT2D eigenvalue weighted by Gasteiger charge is -2.23. The highest BCUT2D eigenvalue weighted by molar-refractivity contribution is 8.01. The number of anilines is 2. The Bertz CT molecular complexity index is 1320. The van der Waals surface area contributed by atoms with Crippen LogP contribution in [0.3, 0.4) is 0 Å². The highest BCUT2D eigenvalue weighted by Gasteiger charge is 2.51. The molecule has 2 aromatic carbocycles. The third kappa shape index (κ3) is 4.45. The number of aryl methyl sites for hydroxylation is 1. The van der Waals surface area contributed by atoms with Crippen LogP contribution in [0.15, 0.2) is 59.0 Å². The summed E-state index contributed by atoms with van der Waals surface area (Å²) in [6, 6.07) is 13.1. The third-order valence-electron chi connectivity index (χ3n) is 6.43. The molecule has 1 aromatic heterocycles. The van der Waals surface area contributed by atoms with E-state index in [4.69, 9.17) is 0 Å². The van der Waals surface area contributed by atoms with E-state index < -0.39 is 17.8 Å². The quantitative estimate of drug-likeness (QED) is 0.322. The first-order chi connectivity index (χ1) is 16.4. The number of hydrogen-bond donors (Lipinski definition) is 3. The lowest BCUT2D eigenvalue weighted by atomic mass is 9.82. The van der Waals surface area contributed by atoms with Crippen molar-refractivity contribution >= 4 is 62.5 Å². The highest BCUT2D eigenvalue weighted by atomic mass is 32.2. The Kier molecular flexibility index (Phi) is 6.14. The van der Waals surface area contributed by atoms with Crippen LogP contribution in [0.25, 0.3) is 10.2 Å². The Morgan fingerprint density at radius 1 is 1.09 bits per heavy atom. The minimum Gasteiger partial charge on any atom is -0.481 e. The smallest absolute Gasteiger partial charge is 0.307 e. The number of carbonyl (C=O) groups is 3. The van der Waals surface area contributed by atoms with Crippen LogP contribution in [0.4, 0.5) is 11.4 Å². The van der Waals surface area contributed by atoms with Gasteiger partial charge in [-0.15, -0.1) is 11.3 Å². The van der Waals surface area contributed by atoms with Crippen LogP contribution < -0.4 is 10.6 Å². The number of carboxylic acids is 1. The topological polar surface area (TPSA) is 108 Å². The number of nitrogens with zero attached hydrogens (tertiary/aromatic N) is 1. The number of carboxylic acid groups (broad SMARTS) is 1. The van der Waals surface area contributed by atoms with Crippen molar-refractivity contribution in [1.82, 2.24) is 4.98 Å². The fraction of sp³-hybridized carbons (Fsp3) is 0.280. The standard InChI is InChI=1S/C25H23N3O4S2/c1-13-4-2-3-5-17(13)27-20(29)12-33-25-28-18-9-8-16(11-19(18)34-25)26-23(30)21-14-6-7-15(10-14)22(21)24(31)32/h2-9,11,14-15,21-22H,10,12H2,1H3,(H,26,30)(H,27,29)(H,31,32)/t14-,15-,21-,22-/m0/s1. The summed E-state index contributed by atoms with van der Waals surface area (Å²) >= 11 is 2.82. The monoisotopic (exact) mass is 493 g/mol. The van der Waals surface area contributed by atoms with E-state index in [2.05, 4.69) is 15.6 Å². The van der Waals surface area contributed by atoms with Crippen LogP contribution in [0.2, 0.25) is 0 Å². The second kappa shape index (κ2) is 9.23. The van der Waals surface area contributed by atoms with Crippen molar-refractivity contribution in [3.8, 4) is 0 Å². The van der Waals surface area contributed by atoms with Gasteiger partial charge in [0.1, 0.15) is 0 Å². The molecule has 1 heterocycles. The van der Waals surface area contributed by atoms with Crippen LogP contribution in [-0.2, 0) is 14.4 Å². The number of rotatable bonds is 7. The largest absolute Gasteiger partial charge is 0.481 e. The highest BCUT2D eigenvalue weighted by Crippen LogP contribution is 2.48. The summed E-state index contributed by atoms with van der Waals surface area (Å²) < 4.78 is 1.66. The van der Waals surface area contributed by atoms with Crippen molar-refractivity contribution in [1.29, 1.82) is 0 Å². The van der Waals surface area contributed by atoms with Crippen LogP contribution >= 0.6 is 23.1 Å². The molecule has 34 heavy (non-hydrogen) atoms. The van der Waals surface area contributed by atoms with Gasteiger partial charge in [0.15, 0.2) is 4.34 Å². The first kappa shape index (κ1) is 22.6. The van der Waals surface area contributed by atoms with E-state index in [0.29, 0.717) is 5.69 Å². The number of para-hydroxylation sites is 1. The van der Waals surface area contributed by atoms with Gasteiger partial charge in [0.2, 0.25) is 11.8 Å². The zero-order valence-corrected chi connectivity index (χ0v) is 20.0. The maximum atomic E-state index is 12.9. The Morgan fingerprint density at radius 3 is 2.62 bits per heavy atom. The first-order valence-corrected chi connectivity index (χ1v) is 12.8. The second-order valence-electron chi connectivity index (χ2n) is 8.64. The van der Waals surface area contributed by atoms with Crippen LogP contribution in [0.5, 0.6) is 0 Å². The molecule has 2 amide bonds. The molecule has 2 bridgehead atoms. The predicted octanol–water partition coefficient (Wildman–Crippen LogP) is 4.80. The van der Waals surface area contributed by atoms with E-state index in [1.165, 1.54) is 23.1 Å². The van der Waals surface area contributed by atoms with Gasteiger partial charge >= 0.3 is 5.97 Å². The minimum atomic E-state index is -0.914. The fourth-order valence-corrected chi connectivity index (χ4v) is 6.72. The summed E-state index contributed by atoms with van der Waals surface area (Å²) in [6.45, 7) is 1.95. The van der Waals surface area contributed by atoms with Gasteiger partial charge in [-0.3, -0.25) is 14.4 Å². The summed E-state index contributed by atoms with van der Waals surface area (Å²) in [7, 11) is 0. The number of aliphatic carboxylic acids is 1. The number of allylic oxidation sites excluding steroid dienone is 2. The molecule has 2 aliphatic rings. The number of nitrogens with one attached hydrogen (secondary N) is 2. The maximum absolute atomic E-state index is 12.9. The molecule has 4 atom stereocenters. The fourth-order valence-electron chi connectivity index (χ4n) is 4.81. The van der Waals surface area contributed by atoms with Crippen molar-refractivity contribution in [2.45, 2.75) is 17.7 Å². The van der Waals surface area contributed by atoms with Crippen molar-refractivity contribution in [2.24, 2.45) is 23.7 Å². The Morgan fingerprint density at radius 2 is 1.85 bits per heavy atom. The van der Waals surface area contributed by atoms with E-state index in [9.17, 15) is 19.5 Å². The number of thiazole rings is 1. The first-order valence-electron chi connectivity index (χ1n) is 11.0. The summed E-state index contributed by atoms with van der Waals surface area (Å²) in [5.41, 5.74) is 3.21. The molecule has 3 N–H and O–H groups in total. The number of aromatic nitrogens is 1. The molecular formula is C25H23N3O4S2. The van der Waals surface area contributed by atoms with Gasteiger partial charge in [-0.1, -0.05) is 42.1 Å². The van der Waals surface area contributed by atoms with E-state index in [1.807, 2.05) is 55.5 Å². The molecule has 9 heteroatoms. The van der Waals surface area contributed by atoms with Gasteiger partial charge < -0.3 is 15.7 Å². The molecule has 5 rings (SSSR count). The molecule has 0 unspecified atom stereocenters. The number of benzene rings is 2. The van der Waals surface area contributed by atoms with Crippen LogP contribution in [0.1, 0.15) is 12.0 Å². The Balaban J connectivity index is 1.23. The van der Waals surface area contributed by atoms with E-state index in [0.717, 1.165) is 32.2 Å². The average molecular weight is 494 g/mol. The van der Waals surface area contributed by atoms with E-state index in [1.54, 1.807) is 6.07 Å². The number of carbonyl (C=O) groups excluding carboxylic acids is 2. The molecule has 3 aromatic rings. The van der Waals surface area contributed by atoms with Gasteiger partial charge in [-0.25, -0.2) is 4.98 Å². The van der Waals surface area contributed by atoms with Crippen LogP contribution in [0, 0.1) is 30.6 Å². The van der Waals surface area contributed by atoms with E-state index >= 15 is 0 Å². The van der Waals surface area contributed by atoms with Crippen molar-refractivity contribution < 1.29 is 19.5 Å². The summed E-state index contributed by atoms with van der Waals surface area (Å²) in [5.74, 6) is -2.33. The van der Waals surface area contributed by atoms with Gasteiger partial charge in [0.25, 0.3) is 0 Å². The van der Waals surface area contributed by atoms with Gasteiger partial charge in [-0.05, 0) is 55.0 Å². The van der Waals surface area contributed by atoms with E-state index in [-0.39, 0.29) is 29.4 Å². The zero-order valence-electron chi connectivity index (χ0n) is 18.4. The Labute approximate surface area is 204 Å². The van der Waals surface area contributed by atoms with Gasteiger partial charge in [0.05, 0.1) is 27.8 Å². The molecule has 0 radical (unpaired) electrons. The predicted molar refractivity (Wildman–Crippen MR) is 134 cm³/mol. The number of fused-ring (bicyclic) bond motifs is 3. The number of amides is 2. The summed E-state index contributed by atoms with van der Waals surface area (Å²) in [4.78, 5) is 41.6. The second-order valence-corrected chi connectivity index (χ2v) is 10.9. The molecular weight excluding hydrogens is 470 g/mol. The molecule has 2 aliphatic carbocycles. The zero-order chi connectivity index (χ0) is 23.8. The summed E-state index contributed by atoms with van der Waals surface area (Å²) in [6.07, 6.45) is 4.62. The lowest BCUT2D eigenvalue weighted by molar-refractivity contribution is -0.146. The molecule has 0 spiro atoms. The average Bonchev–Trinajstić information content (AvgIpc) is 3.53. The van der Waals surface area contributed by atoms with Gasteiger partial charge in [0, 0.05) is 11.4 Å². The summed E-state index contributed by atoms with van der Waals surface area (Å²) in [5, 5.41) is 15.4. The lowest BCUT2D eigenvalue weighted by Crippen LogP contribution is -2.36. The molecule has 1 fully saturated rings. The normalized spacial score (nSPS) is 22.7. The van der Waals surface area contributed by atoms with Crippen molar-refractivity contribution in [2.75, 3.05) is 16.4 Å². The Hall–Kier alpha value is -3.17. The number of hydrogen-bond acceptors (Lipinski definition) is 6. The minimum absolute atomic E-state index is 0.0212. The maximum Gasteiger partial charge on any atom is 0.307 e. The number of thioether (sulfide) groups is 1. The molecule has 174 valence electrons. The SMILES string of the molecule is Cc1ccccc1NC(=O)CSc1nc2ccc(NC(=O)[C@@H]3[C@@H](C(=O)O)[C@H]4C=C[C@H]3C4)cc2s1. The van der Waals surface area contributed by atoms with Crippen molar-refractivity contribution in [3.63, 3.8) is 0 Å². The molecule has 0 saturated heterocycles. The van der Waals surface area contributed by atoms with Gasteiger partial charge in [-0.2, -0.15) is 0 Å². The third-order valence-corrected chi connectivity index (χ3v) is 8.59. The van der Waals surface area contributed by atoms with Crippen LogP contribution in [-0.4, -0.2) is 33.6 Å². The molecule has 1 saturated carbocycles. The molecule has 0 aliphatic heterocycles. The molecule has 7 nitrogen and oxygen atoms in total. The van der Waals surface area contributed by atoms with Crippen molar-refractivity contribution in [3.05, 3.63) is 60.2 Å².